The number of rotatable bonds is 3. The lowest BCUT2D eigenvalue weighted by Crippen LogP contribution is -2.57. The highest BCUT2D eigenvalue weighted by Crippen LogP contribution is 2.64. The van der Waals surface area contributed by atoms with Crippen LogP contribution in [0.1, 0.15) is 49.0 Å². The number of ether oxygens (including phenoxy) is 1. The molecule has 4 fully saturated rings. The van der Waals surface area contributed by atoms with Crippen LogP contribution in [-0.2, 0) is 9.53 Å². The molecule has 1 amide bonds. The van der Waals surface area contributed by atoms with Crippen molar-refractivity contribution in [2.24, 2.45) is 17.3 Å². The van der Waals surface area contributed by atoms with Gasteiger partial charge in [-0.3, -0.25) is 4.79 Å². The Kier molecular flexibility index (Phi) is 3.83. The Morgan fingerprint density at radius 1 is 1.25 bits per heavy atom. The molecule has 28 heavy (non-hydrogen) atoms. The smallest absolute Gasteiger partial charge is 0.356 e. The number of benzene rings is 1. The van der Waals surface area contributed by atoms with E-state index in [1.165, 1.54) is 19.2 Å². The average molecular weight is 405 g/mol. The molecule has 6 rings (SSSR count). The summed E-state index contributed by atoms with van der Waals surface area (Å²) >= 11 is 6.86. The summed E-state index contributed by atoms with van der Waals surface area (Å²) in [4.78, 5) is 28.4. The Balaban J connectivity index is 1.54. The van der Waals surface area contributed by atoms with E-state index in [2.05, 4.69) is 10.3 Å². The lowest BCUT2D eigenvalue weighted by Gasteiger charge is -2.59. The standard InChI is InChI=1S/C21H22ClFN2O3/c1-28-18(26)17-16(14-5-13(23)2-3-15(14)24-17)25-19(27)20-6-11-4-12(7-20)9-21(22,8-11)10-20/h2-3,5,11-12,24H,4,6-10H2,1H3,(H,25,27)/t11-,12-,20?,21?/m1/s1. The average Bonchev–Trinajstić information content (AvgIpc) is 2.97. The number of nitrogens with one attached hydrogen (secondary N) is 2. The maximum absolute atomic E-state index is 13.9. The fourth-order valence-corrected chi connectivity index (χ4v) is 6.90. The summed E-state index contributed by atoms with van der Waals surface area (Å²) in [5, 5.41) is 3.41. The number of alkyl halides is 1. The number of amides is 1. The zero-order valence-electron chi connectivity index (χ0n) is 15.6. The van der Waals surface area contributed by atoms with Crippen molar-refractivity contribution in [3.63, 3.8) is 0 Å². The Hall–Kier alpha value is -2.08. The highest BCUT2D eigenvalue weighted by atomic mass is 35.5. The summed E-state index contributed by atoms with van der Waals surface area (Å²) in [5.74, 6) is -0.212. The highest BCUT2D eigenvalue weighted by molar-refractivity contribution is 6.24. The van der Waals surface area contributed by atoms with Gasteiger partial charge in [-0.25, -0.2) is 9.18 Å². The SMILES string of the molecule is COC(=O)c1[nH]c2ccc(F)cc2c1NC(=O)C12C[C@H]3C[C@@H](CC(Cl)(C3)C1)C2. The van der Waals surface area contributed by atoms with Crippen LogP contribution in [0, 0.1) is 23.1 Å². The molecule has 7 heteroatoms. The second kappa shape index (κ2) is 5.96. The molecule has 4 bridgehead atoms. The van der Waals surface area contributed by atoms with Crippen molar-refractivity contribution in [1.29, 1.82) is 0 Å². The molecule has 5 nitrogen and oxygen atoms in total. The molecule has 2 atom stereocenters. The van der Waals surface area contributed by atoms with E-state index in [0.29, 0.717) is 29.2 Å². The number of aromatic amines is 1. The maximum Gasteiger partial charge on any atom is 0.356 e. The van der Waals surface area contributed by atoms with Crippen molar-refractivity contribution in [3.05, 3.63) is 29.7 Å². The summed E-state index contributed by atoms with van der Waals surface area (Å²) in [6, 6.07) is 4.17. The van der Waals surface area contributed by atoms with Crippen molar-refractivity contribution < 1.29 is 18.7 Å². The number of carbonyl (C=O) groups excluding carboxylic acids is 2. The van der Waals surface area contributed by atoms with E-state index in [1.54, 1.807) is 6.07 Å². The minimum atomic E-state index is -0.605. The molecule has 0 unspecified atom stereocenters. The summed E-state index contributed by atoms with van der Waals surface area (Å²) in [7, 11) is 1.27. The molecular formula is C21H22ClFN2O3. The lowest BCUT2D eigenvalue weighted by atomic mass is 9.49. The van der Waals surface area contributed by atoms with Crippen LogP contribution in [0.15, 0.2) is 18.2 Å². The molecule has 2 N–H and O–H groups in total. The summed E-state index contributed by atoms with van der Waals surface area (Å²) in [6.45, 7) is 0. The number of H-pyrrole nitrogens is 1. The fraction of sp³-hybridized carbons (Fsp3) is 0.524. The van der Waals surface area contributed by atoms with Crippen LogP contribution in [0.25, 0.3) is 10.9 Å². The van der Waals surface area contributed by atoms with Crippen molar-refractivity contribution in [2.75, 3.05) is 12.4 Å². The minimum absolute atomic E-state index is 0.123. The topological polar surface area (TPSA) is 71.2 Å². The number of hydrogen-bond donors (Lipinski definition) is 2. The molecule has 1 aromatic carbocycles. The predicted octanol–water partition coefficient (Wildman–Crippen LogP) is 4.61. The van der Waals surface area contributed by atoms with Gasteiger partial charge >= 0.3 is 5.97 Å². The molecule has 0 radical (unpaired) electrons. The first-order valence-electron chi connectivity index (χ1n) is 9.71. The number of carbonyl (C=O) groups is 2. The van der Waals surface area contributed by atoms with Crippen LogP contribution in [0.3, 0.4) is 0 Å². The van der Waals surface area contributed by atoms with Gasteiger partial charge in [0.2, 0.25) is 5.91 Å². The number of methoxy groups -OCH3 is 1. The third-order valence-corrected chi connectivity index (χ3v) is 7.30. The summed E-state index contributed by atoms with van der Waals surface area (Å²) in [6.07, 6.45) is 5.42. The number of anilines is 1. The van der Waals surface area contributed by atoms with Gasteiger partial charge in [0.05, 0.1) is 18.2 Å². The molecule has 1 heterocycles. The minimum Gasteiger partial charge on any atom is -0.464 e. The van der Waals surface area contributed by atoms with Gasteiger partial charge in [0, 0.05) is 15.8 Å². The number of hydrogen-bond acceptors (Lipinski definition) is 3. The number of aromatic nitrogens is 1. The number of esters is 1. The van der Waals surface area contributed by atoms with Crippen molar-refractivity contribution >= 4 is 40.1 Å². The molecule has 0 aliphatic heterocycles. The van der Waals surface area contributed by atoms with Gasteiger partial charge in [-0.1, -0.05) is 0 Å². The van der Waals surface area contributed by atoms with E-state index < -0.39 is 17.2 Å². The first kappa shape index (κ1) is 18.0. The Morgan fingerprint density at radius 3 is 2.61 bits per heavy atom. The third kappa shape index (κ3) is 2.65. The summed E-state index contributed by atoms with van der Waals surface area (Å²) < 4.78 is 18.7. The van der Waals surface area contributed by atoms with Gasteiger partial charge in [-0.15, -0.1) is 11.6 Å². The fourth-order valence-electron chi connectivity index (χ4n) is 6.21. The van der Waals surface area contributed by atoms with E-state index in [9.17, 15) is 14.0 Å². The maximum atomic E-state index is 13.9. The molecular weight excluding hydrogens is 383 g/mol. The first-order valence-corrected chi connectivity index (χ1v) is 10.1. The van der Waals surface area contributed by atoms with Gasteiger partial charge < -0.3 is 15.0 Å². The molecule has 0 spiro atoms. The van der Waals surface area contributed by atoms with Gasteiger partial charge in [0.15, 0.2) is 0 Å². The molecule has 148 valence electrons. The molecule has 2 aromatic rings. The van der Waals surface area contributed by atoms with Gasteiger partial charge in [-0.2, -0.15) is 0 Å². The second-order valence-electron chi connectivity index (χ2n) is 8.90. The molecule has 0 saturated heterocycles. The first-order chi connectivity index (χ1) is 13.3. The van der Waals surface area contributed by atoms with Crippen molar-refractivity contribution in [3.8, 4) is 0 Å². The predicted molar refractivity (Wildman–Crippen MR) is 104 cm³/mol. The lowest BCUT2D eigenvalue weighted by molar-refractivity contribution is -0.138. The quantitative estimate of drug-likeness (QED) is 0.579. The van der Waals surface area contributed by atoms with Crippen LogP contribution in [-0.4, -0.2) is 28.8 Å². The molecule has 1 aromatic heterocycles. The summed E-state index contributed by atoms with van der Waals surface area (Å²) in [5.41, 5.74) is 0.458. The van der Waals surface area contributed by atoms with E-state index in [0.717, 1.165) is 32.1 Å². The Labute approximate surface area is 167 Å². The molecule has 4 saturated carbocycles. The van der Waals surface area contributed by atoms with Gasteiger partial charge in [-0.05, 0) is 68.6 Å². The Morgan fingerprint density at radius 2 is 1.96 bits per heavy atom. The largest absolute Gasteiger partial charge is 0.464 e. The molecule has 4 aliphatic rings. The van der Waals surface area contributed by atoms with E-state index in [1.807, 2.05) is 0 Å². The zero-order valence-corrected chi connectivity index (χ0v) is 16.4. The van der Waals surface area contributed by atoms with Crippen LogP contribution in [0.5, 0.6) is 0 Å². The van der Waals surface area contributed by atoms with Crippen molar-refractivity contribution in [2.45, 2.75) is 43.4 Å². The molecule has 4 aliphatic carbocycles. The van der Waals surface area contributed by atoms with Crippen LogP contribution >= 0.6 is 11.6 Å². The van der Waals surface area contributed by atoms with E-state index in [-0.39, 0.29) is 22.2 Å². The van der Waals surface area contributed by atoms with E-state index in [4.69, 9.17) is 16.3 Å². The van der Waals surface area contributed by atoms with Crippen LogP contribution in [0.2, 0.25) is 0 Å². The number of fused-ring (bicyclic) bond motifs is 1. The highest BCUT2D eigenvalue weighted by Gasteiger charge is 2.60. The van der Waals surface area contributed by atoms with Gasteiger partial charge in [0.25, 0.3) is 0 Å². The monoisotopic (exact) mass is 404 g/mol. The zero-order chi connectivity index (χ0) is 19.7. The number of halogens is 2. The van der Waals surface area contributed by atoms with Crippen LogP contribution < -0.4 is 5.32 Å². The third-order valence-electron chi connectivity index (χ3n) is 6.86. The normalized spacial score (nSPS) is 33.2. The van der Waals surface area contributed by atoms with Crippen LogP contribution in [0.4, 0.5) is 10.1 Å². The van der Waals surface area contributed by atoms with E-state index >= 15 is 0 Å². The van der Waals surface area contributed by atoms with Gasteiger partial charge in [0.1, 0.15) is 11.5 Å². The van der Waals surface area contributed by atoms with Crippen molar-refractivity contribution in [1.82, 2.24) is 4.98 Å². The second-order valence-corrected chi connectivity index (χ2v) is 9.70. The Bertz CT molecular complexity index is 987.